The van der Waals surface area contributed by atoms with Gasteiger partial charge in [-0.1, -0.05) is 18.2 Å². The second-order valence-electron chi connectivity index (χ2n) is 7.18. The number of nitrogens with zero attached hydrogens (tertiary/aromatic N) is 3. The average molecular weight is 409 g/mol. The molecule has 0 aliphatic carbocycles. The first-order chi connectivity index (χ1) is 14.4. The molecule has 0 fully saturated rings. The lowest BCUT2D eigenvalue weighted by atomic mass is 10.2. The van der Waals surface area contributed by atoms with Crippen molar-refractivity contribution in [2.45, 2.75) is 20.4 Å². The largest absolute Gasteiger partial charge is 0.497 e. The molecule has 1 aromatic heterocycles. The number of likely N-dealkylation sites (N-methyl/N-ethyl adjacent to an activating group) is 1. The van der Waals surface area contributed by atoms with E-state index in [9.17, 15) is 4.79 Å². The molecule has 3 rings (SSSR count). The number of benzene rings is 2. The van der Waals surface area contributed by atoms with Gasteiger partial charge in [-0.3, -0.25) is 9.69 Å². The quantitative estimate of drug-likeness (QED) is 0.617. The van der Waals surface area contributed by atoms with E-state index in [-0.39, 0.29) is 12.5 Å². The first-order valence-corrected chi connectivity index (χ1v) is 9.74. The number of carbonyl (C=O) groups is 1. The first-order valence-electron chi connectivity index (χ1n) is 9.74. The zero-order valence-corrected chi connectivity index (χ0v) is 18.1. The summed E-state index contributed by atoms with van der Waals surface area (Å²) in [5.41, 5.74) is 4.75. The van der Waals surface area contributed by atoms with Crippen molar-refractivity contribution in [3.05, 3.63) is 65.5 Å². The van der Waals surface area contributed by atoms with Crippen LogP contribution in [0, 0.1) is 13.8 Å². The summed E-state index contributed by atoms with van der Waals surface area (Å²) in [6.45, 7) is 4.90. The van der Waals surface area contributed by atoms with Crippen LogP contribution in [-0.2, 0) is 11.3 Å². The third-order valence-electron chi connectivity index (χ3n) is 4.96. The summed E-state index contributed by atoms with van der Waals surface area (Å²) in [6.07, 6.45) is 0. The van der Waals surface area contributed by atoms with Gasteiger partial charge in [0.1, 0.15) is 11.5 Å². The van der Waals surface area contributed by atoms with Crippen molar-refractivity contribution >= 4 is 11.6 Å². The number of anilines is 1. The highest BCUT2D eigenvalue weighted by molar-refractivity contribution is 5.94. The van der Waals surface area contributed by atoms with Crippen LogP contribution in [-0.4, -0.2) is 48.4 Å². The Balaban J connectivity index is 1.68. The predicted molar refractivity (Wildman–Crippen MR) is 118 cm³/mol. The van der Waals surface area contributed by atoms with Crippen LogP contribution >= 0.6 is 0 Å². The zero-order valence-electron chi connectivity index (χ0n) is 18.1. The van der Waals surface area contributed by atoms with Gasteiger partial charge in [-0.15, -0.1) is 0 Å². The number of methoxy groups -OCH3 is 2. The standard InChI is InChI=1S/C23H28N4O3/c1-16-20(17(2)27(25-16)18-9-7-6-8-10-18)14-26(3)15-23(28)24-21-13-19(29-4)11-12-22(21)30-5/h6-13H,14-15H2,1-5H3,(H,24,28). The molecule has 0 aliphatic rings. The van der Waals surface area contributed by atoms with E-state index in [1.807, 2.05) is 53.9 Å². The molecule has 7 heteroatoms. The molecule has 30 heavy (non-hydrogen) atoms. The van der Waals surface area contributed by atoms with Gasteiger partial charge in [0.2, 0.25) is 5.91 Å². The molecule has 0 spiro atoms. The fourth-order valence-corrected chi connectivity index (χ4v) is 3.40. The Morgan fingerprint density at radius 2 is 1.83 bits per heavy atom. The molecule has 1 heterocycles. The van der Waals surface area contributed by atoms with Crippen molar-refractivity contribution in [2.24, 2.45) is 0 Å². The van der Waals surface area contributed by atoms with Gasteiger partial charge in [0.05, 0.1) is 37.8 Å². The number of nitrogens with one attached hydrogen (secondary N) is 1. The molecule has 0 radical (unpaired) electrons. The Kier molecular flexibility index (Phi) is 6.74. The van der Waals surface area contributed by atoms with Crippen LogP contribution in [0.25, 0.3) is 5.69 Å². The molecule has 1 amide bonds. The van der Waals surface area contributed by atoms with Crippen LogP contribution in [0.15, 0.2) is 48.5 Å². The number of aryl methyl sites for hydroxylation is 1. The Bertz CT molecular complexity index is 1010. The molecule has 0 saturated carbocycles. The van der Waals surface area contributed by atoms with Crippen molar-refractivity contribution in [2.75, 3.05) is 33.1 Å². The van der Waals surface area contributed by atoms with E-state index in [0.717, 1.165) is 22.6 Å². The number of rotatable bonds is 8. The number of hydrogen-bond acceptors (Lipinski definition) is 5. The fraction of sp³-hybridized carbons (Fsp3) is 0.304. The first kappa shape index (κ1) is 21.4. The normalized spacial score (nSPS) is 10.9. The monoisotopic (exact) mass is 408 g/mol. The van der Waals surface area contributed by atoms with Crippen molar-refractivity contribution < 1.29 is 14.3 Å². The van der Waals surface area contributed by atoms with Crippen molar-refractivity contribution in [3.63, 3.8) is 0 Å². The number of ether oxygens (including phenoxy) is 2. The van der Waals surface area contributed by atoms with Gasteiger partial charge >= 0.3 is 0 Å². The predicted octanol–water partition coefficient (Wildman–Crippen LogP) is 3.58. The number of hydrogen-bond donors (Lipinski definition) is 1. The van der Waals surface area contributed by atoms with Crippen LogP contribution in [0.5, 0.6) is 11.5 Å². The van der Waals surface area contributed by atoms with Crippen LogP contribution in [0.1, 0.15) is 17.0 Å². The summed E-state index contributed by atoms with van der Waals surface area (Å²) in [5.74, 6) is 1.11. The van der Waals surface area contributed by atoms with Gasteiger partial charge in [0.25, 0.3) is 0 Å². The molecule has 7 nitrogen and oxygen atoms in total. The second kappa shape index (κ2) is 9.45. The maximum absolute atomic E-state index is 12.6. The number of aromatic nitrogens is 2. The van der Waals surface area contributed by atoms with Gasteiger partial charge in [-0.25, -0.2) is 4.68 Å². The molecule has 0 bridgehead atoms. The van der Waals surface area contributed by atoms with Crippen molar-refractivity contribution in [1.82, 2.24) is 14.7 Å². The molecular weight excluding hydrogens is 380 g/mol. The Morgan fingerprint density at radius 1 is 1.10 bits per heavy atom. The molecule has 0 unspecified atom stereocenters. The van der Waals surface area contributed by atoms with Gasteiger partial charge in [0.15, 0.2) is 0 Å². The minimum Gasteiger partial charge on any atom is -0.497 e. The summed E-state index contributed by atoms with van der Waals surface area (Å²) in [5, 5.41) is 7.59. The molecule has 0 aliphatic heterocycles. The third-order valence-corrected chi connectivity index (χ3v) is 4.96. The number of para-hydroxylation sites is 1. The van der Waals surface area contributed by atoms with Crippen molar-refractivity contribution in [1.29, 1.82) is 0 Å². The topological polar surface area (TPSA) is 68.6 Å². The maximum Gasteiger partial charge on any atom is 0.238 e. The van der Waals surface area contributed by atoms with Crippen LogP contribution in [0.3, 0.4) is 0 Å². The van der Waals surface area contributed by atoms with Crippen LogP contribution in [0.4, 0.5) is 5.69 Å². The van der Waals surface area contributed by atoms with Crippen LogP contribution in [0.2, 0.25) is 0 Å². The summed E-state index contributed by atoms with van der Waals surface area (Å²) in [6, 6.07) is 15.3. The molecule has 2 aromatic carbocycles. The van der Waals surface area contributed by atoms with E-state index in [1.54, 1.807) is 32.4 Å². The Labute approximate surface area is 177 Å². The summed E-state index contributed by atoms with van der Waals surface area (Å²) in [7, 11) is 5.07. The molecule has 0 atom stereocenters. The summed E-state index contributed by atoms with van der Waals surface area (Å²) in [4.78, 5) is 14.6. The minimum atomic E-state index is -0.130. The van der Waals surface area contributed by atoms with E-state index in [4.69, 9.17) is 9.47 Å². The number of carbonyl (C=O) groups excluding carboxylic acids is 1. The highest BCUT2D eigenvalue weighted by atomic mass is 16.5. The summed E-state index contributed by atoms with van der Waals surface area (Å²) >= 11 is 0. The van der Waals surface area contributed by atoms with E-state index in [0.29, 0.717) is 23.7 Å². The maximum atomic E-state index is 12.6. The lowest BCUT2D eigenvalue weighted by molar-refractivity contribution is -0.117. The SMILES string of the molecule is COc1ccc(OC)c(NC(=O)CN(C)Cc2c(C)nn(-c3ccccc3)c2C)c1. The van der Waals surface area contributed by atoms with E-state index >= 15 is 0 Å². The Hall–Kier alpha value is -3.32. The van der Waals surface area contributed by atoms with E-state index < -0.39 is 0 Å². The van der Waals surface area contributed by atoms with Gasteiger partial charge in [-0.05, 0) is 45.2 Å². The van der Waals surface area contributed by atoms with Crippen molar-refractivity contribution in [3.8, 4) is 17.2 Å². The van der Waals surface area contributed by atoms with Crippen LogP contribution < -0.4 is 14.8 Å². The molecule has 158 valence electrons. The van der Waals surface area contributed by atoms with E-state index in [2.05, 4.69) is 17.3 Å². The molecule has 1 N–H and O–H groups in total. The highest BCUT2D eigenvalue weighted by Crippen LogP contribution is 2.29. The lowest BCUT2D eigenvalue weighted by Gasteiger charge is -2.18. The fourth-order valence-electron chi connectivity index (χ4n) is 3.40. The Morgan fingerprint density at radius 3 is 2.50 bits per heavy atom. The van der Waals surface area contributed by atoms with Gasteiger partial charge in [-0.2, -0.15) is 5.10 Å². The third kappa shape index (κ3) is 4.80. The second-order valence-corrected chi connectivity index (χ2v) is 7.18. The van der Waals surface area contributed by atoms with Gasteiger partial charge in [0, 0.05) is 23.9 Å². The van der Waals surface area contributed by atoms with Gasteiger partial charge < -0.3 is 14.8 Å². The van der Waals surface area contributed by atoms with E-state index in [1.165, 1.54) is 0 Å². The molecule has 3 aromatic rings. The molecule has 0 saturated heterocycles. The highest BCUT2D eigenvalue weighted by Gasteiger charge is 2.17. The average Bonchev–Trinajstić information content (AvgIpc) is 3.02. The minimum absolute atomic E-state index is 0.130. The number of amides is 1. The zero-order chi connectivity index (χ0) is 21.7. The summed E-state index contributed by atoms with van der Waals surface area (Å²) < 4.78 is 12.5. The molecular formula is C23H28N4O3. The lowest BCUT2D eigenvalue weighted by Crippen LogP contribution is -2.30. The smallest absolute Gasteiger partial charge is 0.238 e.